The van der Waals surface area contributed by atoms with Gasteiger partial charge < -0.3 is 10.1 Å². The Balaban J connectivity index is 1.79. The Morgan fingerprint density at radius 3 is 2.54 bits per heavy atom. The molecule has 2 rings (SSSR count). The smallest absolute Gasteiger partial charge is 0.306 e. The predicted molar refractivity (Wildman–Crippen MR) is 92.7 cm³/mol. The van der Waals surface area contributed by atoms with E-state index in [1.807, 2.05) is 20.9 Å². The lowest BCUT2D eigenvalue weighted by atomic mass is 9.86. The van der Waals surface area contributed by atoms with Crippen LogP contribution in [0.15, 0.2) is 0 Å². The molecule has 0 aliphatic heterocycles. The van der Waals surface area contributed by atoms with Crippen molar-refractivity contribution in [1.29, 1.82) is 0 Å². The van der Waals surface area contributed by atoms with Gasteiger partial charge in [0.1, 0.15) is 0 Å². The number of esters is 1. The fourth-order valence-electron chi connectivity index (χ4n) is 3.29. The number of hydrogen-bond acceptors (Lipinski definition) is 4. The average Bonchev–Trinajstić information content (AvgIpc) is 2.80. The van der Waals surface area contributed by atoms with Crippen LogP contribution in [-0.4, -0.2) is 27.8 Å². The van der Waals surface area contributed by atoms with Crippen LogP contribution >= 0.6 is 0 Å². The molecule has 1 atom stereocenters. The summed E-state index contributed by atoms with van der Waals surface area (Å²) in [7, 11) is 1.83. The summed E-state index contributed by atoms with van der Waals surface area (Å²) in [6, 6.07) is 0. The zero-order chi connectivity index (χ0) is 17.7. The van der Waals surface area contributed by atoms with E-state index in [1.165, 1.54) is 32.1 Å². The van der Waals surface area contributed by atoms with Gasteiger partial charge in [-0.2, -0.15) is 5.10 Å². The highest BCUT2D eigenvalue weighted by molar-refractivity contribution is 5.96. The van der Waals surface area contributed by atoms with Crippen LogP contribution in [0.2, 0.25) is 0 Å². The number of carbonyl (C=O) groups is 2. The number of nitrogens with one attached hydrogen (secondary N) is 1. The van der Waals surface area contributed by atoms with Crippen molar-refractivity contribution in [2.45, 2.75) is 71.8 Å². The molecule has 1 aliphatic rings. The fraction of sp³-hybridized carbons (Fsp3) is 0.722. The van der Waals surface area contributed by atoms with E-state index in [1.54, 1.807) is 11.6 Å². The van der Waals surface area contributed by atoms with E-state index in [-0.39, 0.29) is 11.9 Å². The van der Waals surface area contributed by atoms with Crippen molar-refractivity contribution in [3.63, 3.8) is 0 Å². The number of rotatable bonds is 6. The highest BCUT2D eigenvalue weighted by atomic mass is 16.5. The molecule has 1 aromatic heterocycles. The molecule has 24 heavy (non-hydrogen) atoms. The third kappa shape index (κ3) is 4.82. The first-order valence-corrected chi connectivity index (χ1v) is 8.89. The third-order valence-electron chi connectivity index (χ3n) is 4.92. The molecule has 1 aromatic rings. The van der Waals surface area contributed by atoms with Gasteiger partial charge in [0.05, 0.1) is 17.1 Å². The van der Waals surface area contributed by atoms with Crippen molar-refractivity contribution >= 4 is 17.6 Å². The number of nitrogens with zero attached hydrogens (tertiary/aromatic N) is 2. The van der Waals surface area contributed by atoms with E-state index in [2.05, 4.69) is 10.4 Å². The molecule has 1 amide bonds. The topological polar surface area (TPSA) is 73.2 Å². The summed E-state index contributed by atoms with van der Waals surface area (Å²) >= 11 is 0. The third-order valence-corrected chi connectivity index (χ3v) is 4.92. The quantitative estimate of drug-likeness (QED) is 0.810. The summed E-state index contributed by atoms with van der Waals surface area (Å²) in [5.74, 6) is 0.0270. The maximum absolute atomic E-state index is 12.2. The molecular formula is C18H29N3O3. The molecule has 0 saturated heterocycles. The first-order valence-electron chi connectivity index (χ1n) is 8.89. The van der Waals surface area contributed by atoms with Gasteiger partial charge in [-0.3, -0.25) is 14.3 Å². The Morgan fingerprint density at radius 2 is 1.96 bits per heavy atom. The summed E-state index contributed by atoms with van der Waals surface area (Å²) in [4.78, 5) is 24.2. The molecule has 1 heterocycles. The van der Waals surface area contributed by atoms with Gasteiger partial charge in [-0.1, -0.05) is 32.1 Å². The van der Waals surface area contributed by atoms with Crippen LogP contribution in [0, 0.1) is 19.8 Å². The van der Waals surface area contributed by atoms with Crippen LogP contribution in [0.1, 0.15) is 63.3 Å². The molecule has 1 unspecified atom stereocenters. The minimum Gasteiger partial charge on any atom is -0.453 e. The second-order valence-electron chi connectivity index (χ2n) is 6.83. The molecule has 1 N–H and O–H groups in total. The summed E-state index contributed by atoms with van der Waals surface area (Å²) in [6.45, 7) is 5.33. The van der Waals surface area contributed by atoms with Crippen molar-refractivity contribution in [2.24, 2.45) is 13.0 Å². The Labute approximate surface area is 143 Å². The maximum Gasteiger partial charge on any atom is 0.306 e. The molecule has 0 bridgehead atoms. The highest BCUT2D eigenvalue weighted by Gasteiger charge is 2.22. The van der Waals surface area contributed by atoms with E-state index in [4.69, 9.17) is 4.74 Å². The van der Waals surface area contributed by atoms with Gasteiger partial charge in [-0.15, -0.1) is 0 Å². The number of aromatic nitrogens is 2. The van der Waals surface area contributed by atoms with Gasteiger partial charge in [0.25, 0.3) is 5.91 Å². The predicted octanol–water partition coefficient (Wildman–Crippen LogP) is 3.27. The Bertz CT molecular complexity index is 589. The molecule has 0 radical (unpaired) electrons. The maximum atomic E-state index is 12.2. The van der Waals surface area contributed by atoms with Crippen molar-refractivity contribution in [3.05, 3.63) is 11.4 Å². The van der Waals surface area contributed by atoms with Crippen LogP contribution < -0.4 is 5.32 Å². The Kier molecular flexibility index (Phi) is 6.40. The SMILES string of the molecule is Cc1nn(C)c(C)c1NC(=O)C(C)OC(=O)CCC1CCCCC1. The molecule has 0 spiro atoms. The first-order chi connectivity index (χ1) is 11.4. The van der Waals surface area contributed by atoms with E-state index in [0.29, 0.717) is 18.0 Å². The average molecular weight is 335 g/mol. The Morgan fingerprint density at radius 1 is 1.29 bits per heavy atom. The van der Waals surface area contributed by atoms with Gasteiger partial charge in [0, 0.05) is 13.5 Å². The molecular weight excluding hydrogens is 306 g/mol. The number of carbonyl (C=O) groups excluding carboxylic acids is 2. The lowest BCUT2D eigenvalue weighted by Crippen LogP contribution is -2.30. The van der Waals surface area contributed by atoms with Gasteiger partial charge in [0.15, 0.2) is 6.10 Å². The summed E-state index contributed by atoms with van der Waals surface area (Å²) in [6.07, 6.45) is 6.73. The van der Waals surface area contributed by atoms with Gasteiger partial charge in [-0.25, -0.2) is 0 Å². The van der Waals surface area contributed by atoms with E-state index < -0.39 is 6.10 Å². The van der Waals surface area contributed by atoms with Crippen LogP contribution in [-0.2, 0) is 21.4 Å². The second kappa shape index (κ2) is 8.31. The number of anilines is 1. The van der Waals surface area contributed by atoms with Gasteiger partial charge >= 0.3 is 5.97 Å². The summed E-state index contributed by atoms with van der Waals surface area (Å²) < 4.78 is 7.00. The number of ether oxygens (including phenoxy) is 1. The van der Waals surface area contributed by atoms with E-state index in [9.17, 15) is 9.59 Å². The number of hydrogen-bond donors (Lipinski definition) is 1. The zero-order valence-electron chi connectivity index (χ0n) is 15.2. The summed E-state index contributed by atoms with van der Waals surface area (Å²) in [5.41, 5.74) is 2.31. The fourth-order valence-corrected chi connectivity index (χ4v) is 3.29. The van der Waals surface area contributed by atoms with Gasteiger partial charge in [0.2, 0.25) is 0 Å². The second-order valence-corrected chi connectivity index (χ2v) is 6.83. The number of amides is 1. The van der Waals surface area contributed by atoms with Crippen LogP contribution in [0.5, 0.6) is 0 Å². The molecule has 6 nitrogen and oxygen atoms in total. The van der Waals surface area contributed by atoms with Crippen LogP contribution in [0.3, 0.4) is 0 Å². The normalized spacial score (nSPS) is 16.7. The van der Waals surface area contributed by atoms with Crippen molar-refractivity contribution in [1.82, 2.24) is 9.78 Å². The molecule has 6 heteroatoms. The lowest BCUT2D eigenvalue weighted by molar-refractivity contribution is -0.153. The van der Waals surface area contributed by atoms with Crippen molar-refractivity contribution < 1.29 is 14.3 Å². The molecule has 134 valence electrons. The first kappa shape index (κ1) is 18.5. The minimum atomic E-state index is -0.803. The van der Waals surface area contributed by atoms with E-state index >= 15 is 0 Å². The lowest BCUT2D eigenvalue weighted by Gasteiger charge is -2.21. The monoisotopic (exact) mass is 335 g/mol. The summed E-state index contributed by atoms with van der Waals surface area (Å²) in [5, 5.41) is 7.07. The minimum absolute atomic E-state index is 0.289. The van der Waals surface area contributed by atoms with Crippen molar-refractivity contribution in [2.75, 3.05) is 5.32 Å². The number of aryl methyl sites for hydroxylation is 2. The molecule has 0 aromatic carbocycles. The largest absolute Gasteiger partial charge is 0.453 e. The van der Waals surface area contributed by atoms with Crippen LogP contribution in [0.25, 0.3) is 0 Å². The van der Waals surface area contributed by atoms with Crippen LogP contribution in [0.4, 0.5) is 5.69 Å². The zero-order valence-corrected chi connectivity index (χ0v) is 15.2. The molecule has 1 aliphatic carbocycles. The standard InChI is InChI=1S/C18H29N3O3/c1-12-17(13(2)21(4)20-12)19-18(23)14(3)24-16(22)11-10-15-8-6-5-7-9-15/h14-15H,5-11H2,1-4H3,(H,19,23). The van der Waals surface area contributed by atoms with Gasteiger partial charge in [-0.05, 0) is 33.1 Å². The van der Waals surface area contributed by atoms with E-state index in [0.717, 1.165) is 17.8 Å². The molecule has 1 saturated carbocycles. The molecule has 1 fully saturated rings. The Hall–Kier alpha value is -1.85. The van der Waals surface area contributed by atoms with Crippen molar-refractivity contribution in [3.8, 4) is 0 Å². The highest BCUT2D eigenvalue weighted by Crippen LogP contribution is 2.27.